The Hall–Kier alpha value is -1.39. The third-order valence-electron chi connectivity index (χ3n) is 1.76. The highest BCUT2D eigenvalue weighted by molar-refractivity contribution is 5.59. The molecule has 1 aromatic carbocycles. The average Bonchev–Trinajstić information content (AvgIpc) is 2.17. The molecule has 4 N–H and O–H groups in total. The maximum Gasteiger partial charge on any atom is 0.139 e. The lowest BCUT2D eigenvalue weighted by Crippen LogP contribution is -2.29. The highest BCUT2D eigenvalue weighted by Crippen LogP contribution is 2.17. The van der Waals surface area contributed by atoms with Gasteiger partial charge in [-0.1, -0.05) is 12.1 Å². The van der Waals surface area contributed by atoms with Gasteiger partial charge in [-0.3, -0.25) is 0 Å². The molecule has 0 aliphatic carbocycles. The molecule has 0 saturated carbocycles. The summed E-state index contributed by atoms with van der Waals surface area (Å²) in [5.41, 5.74) is 5.82. The summed E-state index contributed by atoms with van der Waals surface area (Å²) in [6, 6.07) is 4.96. The molecule has 0 radical (unpaired) electrons. The lowest BCUT2D eigenvalue weighted by molar-refractivity contribution is -0.111. The van der Waals surface area contributed by atoms with Gasteiger partial charge in [0.05, 0.1) is 6.04 Å². The summed E-state index contributed by atoms with van der Waals surface area (Å²) in [6.07, 6.45) is -0.532. The smallest absolute Gasteiger partial charge is 0.139 e. The molecule has 0 spiro atoms. The minimum Gasteiger partial charge on any atom is -0.508 e. The van der Waals surface area contributed by atoms with Gasteiger partial charge >= 0.3 is 0 Å². The van der Waals surface area contributed by atoms with E-state index >= 15 is 0 Å². The van der Waals surface area contributed by atoms with Crippen molar-refractivity contribution in [3.05, 3.63) is 29.8 Å². The van der Waals surface area contributed by atoms with Crippen molar-refractivity contribution in [2.24, 2.45) is 5.73 Å². The Morgan fingerprint density at radius 2 is 1.85 bits per heavy atom. The molecule has 1 aromatic rings. The Morgan fingerprint density at radius 3 is 2.31 bits per heavy atom. The Bertz CT molecular complexity index is 283. The van der Waals surface area contributed by atoms with Crippen LogP contribution in [0.5, 0.6) is 5.75 Å². The number of phenolic OH excluding ortho intramolecular Hbond substituents is 1. The first kappa shape index (κ1) is 9.70. The zero-order valence-corrected chi connectivity index (χ0v) is 6.92. The number of aliphatic hydroxyl groups is 1. The summed E-state index contributed by atoms with van der Waals surface area (Å²) in [5, 5.41) is 18.4. The maximum atomic E-state index is 10.3. The third kappa shape index (κ3) is 2.27. The summed E-state index contributed by atoms with van der Waals surface area (Å²) in [4.78, 5) is 10.3. The first-order chi connectivity index (χ1) is 6.15. The highest BCUT2D eigenvalue weighted by atomic mass is 16.3. The number of carbonyl (C=O) groups is 1. The lowest BCUT2D eigenvalue weighted by Gasteiger charge is -2.13. The molecule has 0 aliphatic rings. The molecule has 0 saturated heterocycles. The molecule has 70 valence electrons. The topological polar surface area (TPSA) is 83.6 Å². The molecule has 0 aromatic heterocycles. The van der Waals surface area contributed by atoms with Crippen molar-refractivity contribution in [2.45, 2.75) is 12.1 Å². The van der Waals surface area contributed by atoms with E-state index in [-0.39, 0.29) is 5.75 Å². The number of rotatable bonds is 3. The Morgan fingerprint density at radius 1 is 1.31 bits per heavy atom. The molecular weight excluding hydrogens is 170 g/mol. The van der Waals surface area contributed by atoms with E-state index in [2.05, 4.69) is 0 Å². The summed E-state index contributed by atoms with van der Waals surface area (Å²) in [6.45, 7) is 0. The Labute approximate surface area is 75.6 Å². The van der Waals surface area contributed by atoms with E-state index in [1.165, 1.54) is 24.3 Å². The summed E-state index contributed by atoms with van der Waals surface area (Å²) in [5.74, 6) is 0.107. The maximum absolute atomic E-state index is 10.3. The van der Waals surface area contributed by atoms with Crippen LogP contribution in [0.4, 0.5) is 0 Å². The van der Waals surface area contributed by atoms with Crippen molar-refractivity contribution in [3.63, 3.8) is 0 Å². The van der Waals surface area contributed by atoms with Gasteiger partial charge in [-0.25, -0.2) is 0 Å². The van der Waals surface area contributed by atoms with Gasteiger partial charge in [0.1, 0.15) is 18.1 Å². The predicted molar refractivity (Wildman–Crippen MR) is 47.1 cm³/mol. The van der Waals surface area contributed by atoms with E-state index in [1.807, 2.05) is 0 Å². The number of aromatic hydroxyl groups is 1. The van der Waals surface area contributed by atoms with Gasteiger partial charge in [0.15, 0.2) is 0 Å². The van der Waals surface area contributed by atoms with Crippen molar-refractivity contribution >= 4 is 6.29 Å². The standard InChI is InChI=1S/C9H11NO3/c10-8(5-11)9(13)6-1-3-7(12)4-2-6/h1-5,8-9,12-13H,10H2. The van der Waals surface area contributed by atoms with Crippen LogP contribution in [0.1, 0.15) is 11.7 Å². The number of hydrogen-bond acceptors (Lipinski definition) is 4. The molecule has 2 atom stereocenters. The van der Waals surface area contributed by atoms with Crippen molar-refractivity contribution in [1.29, 1.82) is 0 Å². The zero-order valence-electron chi connectivity index (χ0n) is 6.92. The third-order valence-corrected chi connectivity index (χ3v) is 1.76. The van der Waals surface area contributed by atoms with Crippen LogP contribution < -0.4 is 5.73 Å². The van der Waals surface area contributed by atoms with Crippen LogP contribution in [-0.4, -0.2) is 22.5 Å². The first-order valence-corrected chi connectivity index (χ1v) is 3.83. The summed E-state index contributed by atoms with van der Waals surface area (Å²) < 4.78 is 0. The molecule has 13 heavy (non-hydrogen) atoms. The number of phenols is 1. The van der Waals surface area contributed by atoms with E-state index in [0.717, 1.165) is 0 Å². The number of aldehydes is 1. The van der Waals surface area contributed by atoms with Crippen molar-refractivity contribution in [1.82, 2.24) is 0 Å². The first-order valence-electron chi connectivity index (χ1n) is 3.83. The Kier molecular flexibility index (Phi) is 3.00. The monoisotopic (exact) mass is 181 g/mol. The molecule has 4 nitrogen and oxygen atoms in total. The number of nitrogens with two attached hydrogens (primary N) is 1. The minimum absolute atomic E-state index is 0.107. The number of aliphatic hydroxyl groups excluding tert-OH is 1. The fraction of sp³-hybridized carbons (Fsp3) is 0.222. The van der Waals surface area contributed by atoms with Crippen LogP contribution in [-0.2, 0) is 4.79 Å². The zero-order chi connectivity index (χ0) is 9.84. The van der Waals surface area contributed by atoms with E-state index in [9.17, 15) is 9.90 Å². The second-order valence-corrected chi connectivity index (χ2v) is 2.75. The second-order valence-electron chi connectivity index (χ2n) is 2.75. The molecule has 1 rings (SSSR count). The van der Waals surface area contributed by atoms with Gasteiger partial charge in [0, 0.05) is 0 Å². The summed E-state index contributed by atoms with van der Waals surface area (Å²) >= 11 is 0. The van der Waals surface area contributed by atoms with Gasteiger partial charge in [0.25, 0.3) is 0 Å². The number of carbonyl (C=O) groups excluding carboxylic acids is 1. The quantitative estimate of drug-likeness (QED) is 0.571. The van der Waals surface area contributed by atoms with Crippen molar-refractivity contribution < 1.29 is 15.0 Å². The fourth-order valence-electron chi connectivity index (χ4n) is 0.968. The van der Waals surface area contributed by atoms with E-state index < -0.39 is 12.1 Å². The van der Waals surface area contributed by atoms with Crippen LogP contribution in [0.25, 0.3) is 0 Å². The van der Waals surface area contributed by atoms with Gasteiger partial charge in [0.2, 0.25) is 0 Å². The second kappa shape index (κ2) is 4.02. The van der Waals surface area contributed by atoms with Crippen LogP contribution in [0.15, 0.2) is 24.3 Å². The largest absolute Gasteiger partial charge is 0.508 e. The van der Waals surface area contributed by atoms with Crippen LogP contribution in [0.2, 0.25) is 0 Å². The molecule has 0 bridgehead atoms. The lowest BCUT2D eigenvalue weighted by atomic mass is 10.0. The molecule has 2 unspecified atom stereocenters. The van der Waals surface area contributed by atoms with E-state index in [1.54, 1.807) is 0 Å². The van der Waals surface area contributed by atoms with Crippen LogP contribution in [0, 0.1) is 0 Å². The SMILES string of the molecule is NC(C=O)C(O)c1ccc(O)cc1. The molecule has 0 aliphatic heterocycles. The predicted octanol–water partition coefficient (Wildman–Crippen LogP) is -0.0482. The molecule has 4 heteroatoms. The fourth-order valence-corrected chi connectivity index (χ4v) is 0.968. The van der Waals surface area contributed by atoms with Gasteiger partial charge in [-0.05, 0) is 17.7 Å². The van der Waals surface area contributed by atoms with E-state index in [4.69, 9.17) is 10.8 Å². The molecule has 0 fully saturated rings. The molecule has 0 heterocycles. The molecular formula is C9H11NO3. The van der Waals surface area contributed by atoms with Crippen LogP contribution in [0.3, 0.4) is 0 Å². The van der Waals surface area contributed by atoms with Crippen molar-refractivity contribution in [3.8, 4) is 5.75 Å². The van der Waals surface area contributed by atoms with E-state index in [0.29, 0.717) is 11.8 Å². The minimum atomic E-state index is -1.02. The number of hydrogen-bond donors (Lipinski definition) is 3. The summed E-state index contributed by atoms with van der Waals surface area (Å²) in [7, 11) is 0. The highest BCUT2D eigenvalue weighted by Gasteiger charge is 2.15. The average molecular weight is 181 g/mol. The van der Waals surface area contributed by atoms with Gasteiger partial charge in [-0.15, -0.1) is 0 Å². The van der Waals surface area contributed by atoms with Crippen molar-refractivity contribution in [2.75, 3.05) is 0 Å². The number of benzene rings is 1. The normalized spacial score (nSPS) is 14.9. The van der Waals surface area contributed by atoms with Gasteiger partial charge < -0.3 is 20.7 Å². The molecule has 0 amide bonds. The Balaban J connectivity index is 2.82. The van der Waals surface area contributed by atoms with Crippen LogP contribution >= 0.6 is 0 Å². The van der Waals surface area contributed by atoms with Gasteiger partial charge in [-0.2, -0.15) is 0 Å².